The first-order valence-corrected chi connectivity index (χ1v) is 12.3. The minimum Gasteiger partial charge on any atom is -0.481 e. The molecule has 180 valence electrons. The molecule has 2 aromatic heterocycles. The molecule has 4 rings (SSSR count). The van der Waals surface area contributed by atoms with E-state index in [1.165, 1.54) is 11.3 Å². The molecule has 3 N–H and O–H groups in total. The number of hydrogen-bond acceptors (Lipinski definition) is 7. The van der Waals surface area contributed by atoms with E-state index in [1.54, 1.807) is 13.1 Å². The van der Waals surface area contributed by atoms with E-state index in [2.05, 4.69) is 26.3 Å². The summed E-state index contributed by atoms with van der Waals surface area (Å²) in [5.41, 5.74) is 2.15. The molecule has 7 nitrogen and oxygen atoms in total. The average Bonchev–Trinajstić information content (AvgIpc) is 3.21. The number of aliphatic carboxylic acids is 1. The summed E-state index contributed by atoms with van der Waals surface area (Å²) >= 11 is 1.46. The monoisotopic (exact) mass is 480 g/mol. The third-order valence-electron chi connectivity index (χ3n) is 7.24. The molecule has 3 aromatic rings. The van der Waals surface area contributed by atoms with E-state index in [-0.39, 0.29) is 0 Å². The summed E-state index contributed by atoms with van der Waals surface area (Å²) in [4.78, 5) is 26.4. The quantitative estimate of drug-likeness (QED) is 0.426. The van der Waals surface area contributed by atoms with E-state index in [9.17, 15) is 15.0 Å². The summed E-state index contributed by atoms with van der Waals surface area (Å²) in [6.07, 6.45) is 2.91. The second-order valence-electron chi connectivity index (χ2n) is 10.4. The Morgan fingerprint density at radius 2 is 1.71 bits per heavy atom. The molecule has 0 radical (unpaired) electrons. The molecule has 0 spiro atoms. The molecule has 0 saturated heterocycles. The fourth-order valence-corrected chi connectivity index (χ4v) is 5.94. The minimum atomic E-state index is -1.14. The number of thiazole rings is 1. The van der Waals surface area contributed by atoms with Crippen LogP contribution in [0.15, 0.2) is 30.5 Å². The SMILES string of the molecule is Cc1cc(Nc2nc(C)cc(C)n2)cc(-c2cnc([C@]3(O)CC[C@@](C)(C(=O)O)C(C)(C)C3)s2)c1. The van der Waals surface area contributed by atoms with Gasteiger partial charge in [0.1, 0.15) is 10.6 Å². The van der Waals surface area contributed by atoms with Gasteiger partial charge in [0.2, 0.25) is 5.95 Å². The van der Waals surface area contributed by atoms with Crippen molar-refractivity contribution >= 4 is 28.9 Å². The average molecular weight is 481 g/mol. The molecular weight excluding hydrogens is 448 g/mol. The van der Waals surface area contributed by atoms with Crippen LogP contribution in [-0.4, -0.2) is 31.1 Å². The maximum atomic E-state index is 12.0. The van der Waals surface area contributed by atoms with E-state index >= 15 is 0 Å². The first kappa shape index (κ1) is 24.3. The first-order chi connectivity index (χ1) is 15.8. The maximum Gasteiger partial charge on any atom is 0.309 e. The molecule has 1 saturated carbocycles. The summed E-state index contributed by atoms with van der Waals surface area (Å²) in [5, 5.41) is 25.3. The standard InChI is InChI=1S/C26H32N4O3S/c1-15-9-18(12-19(10-15)30-23-28-16(2)11-17(3)29-23)20-13-27-21(34-20)26(33)8-7-25(6,22(31)32)24(4,5)14-26/h9-13,33H,7-8,14H2,1-6H3,(H,31,32)(H,28,29,30)/t25-,26-/m0/s1. The topological polar surface area (TPSA) is 108 Å². The molecule has 2 atom stereocenters. The number of aromatic nitrogens is 3. The van der Waals surface area contributed by atoms with Crippen LogP contribution in [0.4, 0.5) is 11.6 Å². The van der Waals surface area contributed by atoms with Crippen molar-refractivity contribution in [3.63, 3.8) is 0 Å². The van der Waals surface area contributed by atoms with Crippen LogP contribution < -0.4 is 5.32 Å². The van der Waals surface area contributed by atoms with Crippen molar-refractivity contribution in [3.8, 4) is 10.4 Å². The summed E-state index contributed by atoms with van der Waals surface area (Å²) in [5.74, 6) is -0.258. The number of aliphatic hydroxyl groups is 1. The summed E-state index contributed by atoms with van der Waals surface area (Å²) in [7, 11) is 0. The highest BCUT2D eigenvalue weighted by molar-refractivity contribution is 7.15. The van der Waals surface area contributed by atoms with Crippen molar-refractivity contribution in [2.24, 2.45) is 10.8 Å². The fraction of sp³-hybridized carbons (Fsp3) is 0.462. The third-order valence-corrected chi connectivity index (χ3v) is 8.48. The Morgan fingerprint density at radius 3 is 2.32 bits per heavy atom. The van der Waals surface area contributed by atoms with Crippen LogP contribution in [-0.2, 0) is 10.4 Å². The molecule has 8 heteroatoms. The smallest absolute Gasteiger partial charge is 0.309 e. The number of benzene rings is 1. The Hall–Kier alpha value is -2.84. The van der Waals surface area contributed by atoms with Crippen molar-refractivity contribution in [1.82, 2.24) is 15.0 Å². The van der Waals surface area contributed by atoms with E-state index in [4.69, 9.17) is 0 Å². The number of carboxylic acid groups (broad SMARTS) is 1. The Labute approximate surface area is 204 Å². The van der Waals surface area contributed by atoms with Gasteiger partial charge in [-0.1, -0.05) is 19.9 Å². The zero-order valence-electron chi connectivity index (χ0n) is 20.6. The molecule has 34 heavy (non-hydrogen) atoms. The normalized spacial score (nSPS) is 24.1. The number of carbonyl (C=O) groups is 1. The van der Waals surface area contributed by atoms with Crippen molar-refractivity contribution in [1.29, 1.82) is 0 Å². The minimum absolute atomic E-state index is 0.348. The van der Waals surface area contributed by atoms with Crippen molar-refractivity contribution in [2.45, 2.75) is 66.4 Å². The molecule has 0 aliphatic heterocycles. The Kier molecular flexibility index (Phi) is 6.02. The predicted molar refractivity (Wildman–Crippen MR) is 134 cm³/mol. The molecule has 0 amide bonds. The molecular formula is C26H32N4O3S. The molecule has 1 aromatic carbocycles. The molecule has 1 fully saturated rings. The first-order valence-electron chi connectivity index (χ1n) is 11.4. The molecule has 0 unspecified atom stereocenters. The number of aryl methyl sites for hydroxylation is 3. The van der Waals surface area contributed by atoms with Crippen LogP contribution in [0.1, 0.15) is 62.0 Å². The number of nitrogens with zero attached hydrogens (tertiary/aromatic N) is 3. The highest BCUT2D eigenvalue weighted by Crippen LogP contribution is 2.56. The third kappa shape index (κ3) is 4.44. The lowest BCUT2D eigenvalue weighted by atomic mass is 9.55. The number of rotatable bonds is 5. The van der Waals surface area contributed by atoms with Gasteiger partial charge in [-0.25, -0.2) is 15.0 Å². The zero-order valence-corrected chi connectivity index (χ0v) is 21.4. The molecule has 1 aliphatic rings. The lowest BCUT2D eigenvalue weighted by Gasteiger charge is -2.50. The van der Waals surface area contributed by atoms with Gasteiger partial charge in [0.05, 0.1) is 10.3 Å². The Balaban J connectivity index is 1.62. The van der Waals surface area contributed by atoms with Crippen molar-refractivity contribution in [2.75, 3.05) is 5.32 Å². The maximum absolute atomic E-state index is 12.0. The summed E-state index contributed by atoms with van der Waals surface area (Å²) in [6.45, 7) is 11.5. The van der Waals surface area contributed by atoms with Gasteiger partial charge in [-0.2, -0.15) is 0 Å². The van der Waals surface area contributed by atoms with Gasteiger partial charge in [0, 0.05) is 23.3 Å². The summed E-state index contributed by atoms with van der Waals surface area (Å²) in [6, 6.07) is 8.08. The number of carboxylic acids is 1. The highest BCUT2D eigenvalue weighted by atomic mass is 32.1. The van der Waals surface area contributed by atoms with Gasteiger partial charge in [-0.3, -0.25) is 4.79 Å². The van der Waals surface area contributed by atoms with Crippen LogP contribution >= 0.6 is 11.3 Å². The summed E-state index contributed by atoms with van der Waals surface area (Å²) < 4.78 is 0. The Morgan fingerprint density at radius 1 is 1.03 bits per heavy atom. The van der Waals surface area contributed by atoms with E-state index < -0.39 is 22.4 Å². The van der Waals surface area contributed by atoms with Gasteiger partial charge in [-0.15, -0.1) is 11.3 Å². The van der Waals surface area contributed by atoms with Crippen molar-refractivity contribution < 1.29 is 15.0 Å². The van der Waals surface area contributed by atoms with E-state index in [0.717, 1.165) is 33.1 Å². The highest BCUT2D eigenvalue weighted by Gasteiger charge is 2.56. The lowest BCUT2D eigenvalue weighted by molar-refractivity contribution is -0.170. The van der Waals surface area contributed by atoms with E-state index in [0.29, 0.717) is 30.2 Å². The van der Waals surface area contributed by atoms with Crippen LogP contribution in [0.3, 0.4) is 0 Å². The van der Waals surface area contributed by atoms with Crippen LogP contribution in [0.25, 0.3) is 10.4 Å². The number of hydrogen-bond donors (Lipinski definition) is 3. The van der Waals surface area contributed by atoms with Gasteiger partial charge >= 0.3 is 5.97 Å². The van der Waals surface area contributed by atoms with Crippen LogP contribution in [0, 0.1) is 31.6 Å². The van der Waals surface area contributed by atoms with Gasteiger partial charge in [-0.05, 0) is 81.7 Å². The second kappa shape index (κ2) is 8.43. The number of nitrogens with one attached hydrogen (secondary N) is 1. The van der Waals surface area contributed by atoms with Gasteiger partial charge < -0.3 is 15.5 Å². The van der Waals surface area contributed by atoms with E-state index in [1.807, 2.05) is 52.8 Å². The predicted octanol–water partition coefficient (Wildman–Crippen LogP) is 5.76. The van der Waals surface area contributed by atoms with Crippen LogP contribution in [0.2, 0.25) is 0 Å². The number of anilines is 2. The molecule has 1 aliphatic carbocycles. The Bertz CT molecular complexity index is 1230. The molecule has 2 heterocycles. The zero-order chi connectivity index (χ0) is 24.9. The second-order valence-corrected chi connectivity index (χ2v) is 11.5. The lowest BCUT2D eigenvalue weighted by Crippen LogP contribution is -2.51. The van der Waals surface area contributed by atoms with Crippen LogP contribution in [0.5, 0.6) is 0 Å². The fourth-order valence-electron chi connectivity index (χ4n) is 4.92. The van der Waals surface area contributed by atoms with Gasteiger partial charge in [0.25, 0.3) is 0 Å². The van der Waals surface area contributed by atoms with Crippen molar-refractivity contribution in [3.05, 3.63) is 52.4 Å². The van der Waals surface area contributed by atoms with Gasteiger partial charge in [0.15, 0.2) is 0 Å². The largest absolute Gasteiger partial charge is 0.481 e. The molecule has 0 bridgehead atoms.